The third kappa shape index (κ3) is 4.02. The molecule has 0 saturated heterocycles. The quantitative estimate of drug-likeness (QED) is 0.525. The topological polar surface area (TPSA) is 59.4 Å². The molecule has 0 aliphatic rings. The SMILES string of the molecule is O=C(O)Cc1cc(F)nc(CCl)c1OC(F)(F)F. The summed E-state index contributed by atoms with van der Waals surface area (Å²) in [4.78, 5) is 13.6. The number of alkyl halides is 4. The van der Waals surface area contributed by atoms with E-state index in [0.717, 1.165) is 0 Å². The molecule has 1 aromatic rings. The third-order valence-corrected chi connectivity index (χ3v) is 2.03. The van der Waals surface area contributed by atoms with E-state index in [1.165, 1.54) is 0 Å². The zero-order chi connectivity index (χ0) is 13.9. The Morgan fingerprint density at radius 2 is 2.11 bits per heavy atom. The summed E-state index contributed by atoms with van der Waals surface area (Å²) in [6.07, 6.45) is -5.89. The first kappa shape index (κ1) is 14.5. The minimum Gasteiger partial charge on any atom is -0.481 e. The second kappa shape index (κ2) is 5.38. The van der Waals surface area contributed by atoms with Crippen LogP contribution in [0.2, 0.25) is 0 Å². The number of halogens is 5. The molecule has 9 heteroatoms. The van der Waals surface area contributed by atoms with Crippen LogP contribution in [0, 0.1) is 5.95 Å². The van der Waals surface area contributed by atoms with Crippen molar-refractivity contribution in [1.29, 1.82) is 0 Å². The Kier molecular flexibility index (Phi) is 4.33. The minimum absolute atomic E-state index is 0.483. The third-order valence-electron chi connectivity index (χ3n) is 1.77. The maximum atomic E-state index is 13.0. The Morgan fingerprint density at radius 1 is 1.50 bits per heavy atom. The smallest absolute Gasteiger partial charge is 0.481 e. The van der Waals surface area contributed by atoms with Crippen molar-refractivity contribution in [3.05, 3.63) is 23.3 Å². The lowest BCUT2D eigenvalue weighted by Crippen LogP contribution is -2.20. The Bertz CT molecular complexity index is 464. The number of aromatic nitrogens is 1. The van der Waals surface area contributed by atoms with Crippen LogP contribution in [0.1, 0.15) is 11.3 Å². The van der Waals surface area contributed by atoms with Crippen molar-refractivity contribution in [2.45, 2.75) is 18.7 Å². The van der Waals surface area contributed by atoms with E-state index in [-0.39, 0.29) is 0 Å². The summed E-state index contributed by atoms with van der Waals surface area (Å²) in [6, 6.07) is 0.561. The summed E-state index contributed by atoms with van der Waals surface area (Å²) in [7, 11) is 0. The van der Waals surface area contributed by atoms with Crippen molar-refractivity contribution >= 4 is 17.6 Å². The molecule has 100 valence electrons. The fourth-order valence-corrected chi connectivity index (χ4v) is 1.41. The number of carboxylic acids is 1. The first-order chi connectivity index (χ1) is 8.23. The van der Waals surface area contributed by atoms with Gasteiger partial charge in [0.2, 0.25) is 5.95 Å². The number of pyridine rings is 1. The second-order valence-electron chi connectivity index (χ2n) is 3.13. The average Bonchev–Trinajstić information content (AvgIpc) is 2.19. The van der Waals surface area contributed by atoms with Gasteiger partial charge < -0.3 is 9.84 Å². The molecule has 1 heterocycles. The minimum atomic E-state index is -5.05. The van der Waals surface area contributed by atoms with Crippen LogP contribution in [0.15, 0.2) is 6.07 Å². The van der Waals surface area contributed by atoms with Gasteiger partial charge in [0.1, 0.15) is 5.69 Å². The molecular formula is C9H6ClF4NO3. The first-order valence-corrected chi connectivity index (χ1v) is 4.98. The molecular weight excluding hydrogens is 282 g/mol. The van der Waals surface area contributed by atoms with E-state index in [1.54, 1.807) is 0 Å². The van der Waals surface area contributed by atoms with Gasteiger partial charge in [-0.05, 0) is 0 Å². The maximum Gasteiger partial charge on any atom is 0.573 e. The van der Waals surface area contributed by atoms with Gasteiger partial charge in [0.25, 0.3) is 0 Å². The van der Waals surface area contributed by atoms with Gasteiger partial charge in [-0.2, -0.15) is 4.39 Å². The summed E-state index contributed by atoms with van der Waals surface area (Å²) in [5.74, 6) is -3.98. The standard InChI is InChI=1S/C9H6ClF4NO3/c10-3-5-8(18-9(12,13)14)4(2-7(16)17)1-6(11)15-5/h1H,2-3H2,(H,16,17). The lowest BCUT2D eigenvalue weighted by atomic mass is 10.1. The van der Waals surface area contributed by atoms with E-state index >= 15 is 0 Å². The molecule has 0 spiro atoms. The molecule has 1 N–H and O–H groups in total. The number of aliphatic carboxylic acids is 1. The Labute approximate surface area is 103 Å². The highest BCUT2D eigenvalue weighted by Crippen LogP contribution is 2.31. The molecule has 4 nitrogen and oxygen atoms in total. The van der Waals surface area contributed by atoms with Crippen molar-refractivity contribution in [3.8, 4) is 5.75 Å². The molecule has 18 heavy (non-hydrogen) atoms. The lowest BCUT2D eigenvalue weighted by molar-refractivity contribution is -0.275. The molecule has 0 unspecified atom stereocenters. The molecule has 1 rings (SSSR count). The van der Waals surface area contributed by atoms with Gasteiger partial charge in [-0.15, -0.1) is 24.8 Å². The van der Waals surface area contributed by atoms with Gasteiger partial charge in [0.05, 0.1) is 12.3 Å². The lowest BCUT2D eigenvalue weighted by Gasteiger charge is -2.14. The summed E-state index contributed by atoms with van der Waals surface area (Å²) < 4.78 is 53.0. The van der Waals surface area contributed by atoms with Crippen LogP contribution >= 0.6 is 11.6 Å². The van der Waals surface area contributed by atoms with Gasteiger partial charge >= 0.3 is 12.3 Å². The number of nitrogens with zero attached hydrogens (tertiary/aromatic N) is 1. The van der Waals surface area contributed by atoms with Crippen molar-refractivity contribution in [2.24, 2.45) is 0 Å². The largest absolute Gasteiger partial charge is 0.573 e. The monoisotopic (exact) mass is 287 g/mol. The number of hydrogen-bond donors (Lipinski definition) is 1. The fourth-order valence-electron chi connectivity index (χ4n) is 1.23. The summed E-state index contributed by atoms with van der Waals surface area (Å²) >= 11 is 5.32. The van der Waals surface area contributed by atoms with Crippen molar-refractivity contribution < 1.29 is 32.2 Å². The highest BCUT2D eigenvalue weighted by atomic mass is 35.5. The van der Waals surface area contributed by atoms with Gasteiger partial charge in [0, 0.05) is 11.6 Å². The molecule has 0 aliphatic heterocycles. The number of carboxylic acid groups (broad SMARTS) is 1. The van der Waals surface area contributed by atoms with Crippen molar-refractivity contribution in [1.82, 2.24) is 4.98 Å². The predicted molar refractivity (Wildman–Crippen MR) is 51.8 cm³/mol. The highest BCUT2D eigenvalue weighted by molar-refractivity contribution is 6.17. The van der Waals surface area contributed by atoms with Crippen LogP contribution in [0.3, 0.4) is 0 Å². The molecule has 0 atom stereocenters. The van der Waals surface area contributed by atoms with Gasteiger partial charge in [-0.25, -0.2) is 4.98 Å². The molecule has 1 aromatic heterocycles. The molecule has 0 aliphatic carbocycles. The van der Waals surface area contributed by atoms with E-state index in [0.29, 0.717) is 6.07 Å². The van der Waals surface area contributed by atoms with Crippen LogP contribution < -0.4 is 4.74 Å². The fraction of sp³-hybridized carbons (Fsp3) is 0.333. The molecule has 0 amide bonds. The molecule has 0 bridgehead atoms. The molecule has 0 aromatic carbocycles. The number of hydrogen-bond acceptors (Lipinski definition) is 3. The summed E-state index contributed by atoms with van der Waals surface area (Å²) in [5.41, 5.74) is -0.992. The normalized spacial score (nSPS) is 11.4. The predicted octanol–water partition coefficient (Wildman–Crippen LogP) is 2.49. The molecule has 0 saturated carbocycles. The summed E-state index contributed by atoms with van der Waals surface area (Å²) in [6.45, 7) is 0. The highest BCUT2D eigenvalue weighted by Gasteiger charge is 2.34. The van der Waals surface area contributed by atoms with Crippen LogP contribution in [0.5, 0.6) is 5.75 Å². The number of rotatable bonds is 4. The van der Waals surface area contributed by atoms with E-state index in [1.807, 2.05) is 0 Å². The van der Waals surface area contributed by atoms with E-state index in [2.05, 4.69) is 9.72 Å². The average molecular weight is 288 g/mol. The zero-order valence-electron chi connectivity index (χ0n) is 8.59. The molecule has 0 radical (unpaired) electrons. The number of carbonyl (C=O) groups is 1. The zero-order valence-corrected chi connectivity index (χ0v) is 9.35. The number of ether oxygens (including phenoxy) is 1. The Hall–Kier alpha value is -1.57. The van der Waals surface area contributed by atoms with E-state index in [9.17, 15) is 22.4 Å². The Balaban J connectivity index is 3.28. The van der Waals surface area contributed by atoms with E-state index < -0.39 is 47.6 Å². The van der Waals surface area contributed by atoms with Crippen LogP contribution in [-0.2, 0) is 17.1 Å². The molecule has 0 fully saturated rings. The first-order valence-electron chi connectivity index (χ1n) is 4.44. The van der Waals surface area contributed by atoms with E-state index in [4.69, 9.17) is 16.7 Å². The Morgan fingerprint density at radius 3 is 2.56 bits per heavy atom. The van der Waals surface area contributed by atoms with Crippen LogP contribution in [-0.4, -0.2) is 22.4 Å². The van der Waals surface area contributed by atoms with Crippen molar-refractivity contribution in [2.75, 3.05) is 0 Å². The van der Waals surface area contributed by atoms with Crippen molar-refractivity contribution in [3.63, 3.8) is 0 Å². The van der Waals surface area contributed by atoms with Crippen LogP contribution in [0.25, 0.3) is 0 Å². The van der Waals surface area contributed by atoms with Gasteiger partial charge in [0.15, 0.2) is 5.75 Å². The van der Waals surface area contributed by atoms with Crippen LogP contribution in [0.4, 0.5) is 17.6 Å². The van der Waals surface area contributed by atoms with Gasteiger partial charge in [-0.3, -0.25) is 4.79 Å². The second-order valence-corrected chi connectivity index (χ2v) is 3.40. The maximum absolute atomic E-state index is 13.0. The van der Waals surface area contributed by atoms with Gasteiger partial charge in [-0.1, -0.05) is 0 Å². The summed E-state index contributed by atoms with van der Waals surface area (Å²) in [5, 5.41) is 8.53.